The molecule has 170 valence electrons. The number of benzene rings is 1. The van der Waals surface area contributed by atoms with Gasteiger partial charge in [0.1, 0.15) is 5.00 Å². The molecule has 1 aromatic carbocycles. The normalized spacial score (nSPS) is 15.3. The predicted molar refractivity (Wildman–Crippen MR) is 127 cm³/mol. The van der Waals surface area contributed by atoms with Crippen LogP contribution in [0.3, 0.4) is 0 Å². The fourth-order valence-corrected chi connectivity index (χ4v) is 5.29. The zero-order chi connectivity index (χ0) is 23.3. The maximum Gasteiger partial charge on any atom is 0.341 e. The number of fused-ring (bicyclic) bond motifs is 1. The Morgan fingerprint density at radius 1 is 1.25 bits per heavy atom. The van der Waals surface area contributed by atoms with E-state index >= 15 is 0 Å². The lowest BCUT2D eigenvalue weighted by atomic mass is 9.88. The summed E-state index contributed by atoms with van der Waals surface area (Å²) in [5, 5.41) is 4.02. The molecule has 2 aromatic rings. The van der Waals surface area contributed by atoms with Crippen LogP contribution >= 0.6 is 34.5 Å². The van der Waals surface area contributed by atoms with Gasteiger partial charge >= 0.3 is 11.9 Å². The number of amides is 1. The number of carbonyl (C=O) groups is 3. The van der Waals surface area contributed by atoms with E-state index in [-0.39, 0.29) is 6.61 Å². The van der Waals surface area contributed by atoms with Crippen molar-refractivity contribution in [3.8, 4) is 0 Å². The van der Waals surface area contributed by atoms with Gasteiger partial charge in [0.05, 0.1) is 12.2 Å². The summed E-state index contributed by atoms with van der Waals surface area (Å²) in [6.45, 7) is 3.66. The van der Waals surface area contributed by atoms with Crippen molar-refractivity contribution in [2.45, 2.75) is 33.1 Å². The molecule has 0 bridgehead atoms. The molecule has 1 amide bonds. The number of esters is 2. The number of ether oxygens (including phenoxy) is 2. The molecule has 32 heavy (non-hydrogen) atoms. The first-order valence-electron chi connectivity index (χ1n) is 10.2. The zero-order valence-electron chi connectivity index (χ0n) is 17.7. The van der Waals surface area contributed by atoms with Crippen molar-refractivity contribution in [1.29, 1.82) is 0 Å². The Kier molecular flexibility index (Phi) is 8.34. The third-order valence-electron chi connectivity index (χ3n) is 4.95. The van der Waals surface area contributed by atoms with Crippen molar-refractivity contribution in [3.63, 3.8) is 0 Å². The molecule has 0 spiro atoms. The van der Waals surface area contributed by atoms with Crippen molar-refractivity contribution < 1.29 is 23.9 Å². The minimum atomic E-state index is -0.698. The van der Waals surface area contributed by atoms with Gasteiger partial charge in [-0.25, -0.2) is 9.59 Å². The van der Waals surface area contributed by atoms with Crippen LogP contribution in [0, 0.1) is 5.92 Å². The van der Waals surface area contributed by atoms with E-state index in [1.165, 1.54) is 23.5 Å². The molecule has 1 heterocycles. The van der Waals surface area contributed by atoms with Crippen molar-refractivity contribution in [3.05, 3.63) is 55.9 Å². The lowest BCUT2D eigenvalue weighted by Gasteiger charge is -2.18. The summed E-state index contributed by atoms with van der Waals surface area (Å²) in [6.07, 6.45) is 5.26. The van der Waals surface area contributed by atoms with E-state index in [4.69, 9.17) is 32.7 Å². The molecule has 6 nitrogen and oxygen atoms in total. The maximum atomic E-state index is 12.5. The van der Waals surface area contributed by atoms with Crippen LogP contribution in [0.4, 0.5) is 5.00 Å². The number of hydrogen-bond donors (Lipinski definition) is 1. The Balaban J connectivity index is 1.63. The average Bonchev–Trinajstić information content (AvgIpc) is 3.08. The summed E-state index contributed by atoms with van der Waals surface area (Å²) in [4.78, 5) is 38.0. The SMILES string of the molecule is CCOC(=O)c1c(NC(=O)COC(=O)C=Cc2ccc(Cl)cc2Cl)sc2c1CCC(C)C2. The van der Waals surface area contributed by atoms with Crippen molar-refractivity contribution in [1.82, 2.24) is 0 Å². The van der Waals surface area contributed by atoms with E-state index in [2.05, 4.69) is 12.2 Å². The number of hydrogen-bond acceptors (Lipinski definition) is 6. The van der Waals surface area contributed by atoms with Crippen molar-refractivity contribution >= 4 is 63.5 Å². The first kappa shape index (κ1) is 24.3. The lowest BCUT2D eigenvalue weighted by Crippen LogP contribution is -2.21. The van der Waals surface area contributed by atoms with Gasteiger partial charge in [-0.3, -0.25) is 4.79 Å². The molecule has 1 atom stereocenters. The average molecular weight is 496 g/mol. The van der Waals surface area contributed by atoms with Crippen molar-refractivity contribution in [2.75, 3.05) is 18.5 Å². The summed E-state index contributed by atoms with van der Waals surface area (Å²) >= 11 is 13.3. The van der Waals surface area contributed by atoms with Crippen LogP contribution in [0.1, 0.15) is 46.6 Å². The first-order valence-corrected chi connectivity index (χ1v) is 11.8. The molecule has 1 aliphatic carbocycles. The second-order valence-corrected chi connectivity index (χ2v) is 9.38. The largest absolute Gasteiger partial charge is 0.462 e. The number of halogens is 2. The number of thiophene rings is 1. The quantitative estimate of drug-likeness (QED) is 0.402. The summed E-state index contributed by atoms with van der Waals surface area (Å²) in [6, 6.07) is 4.87. The Bertz CT molecular complexity index is 1060. The van der Waals surface area contributed by atoms with Gasteiger partial charge in [0.2, 0.25) is 0 Å². The topological polar surface area (TPSA) is 81.7 Å². The molecular formula is C23H23Cl2NO5S. The molecule has 1 N–H and O–H groups in total. The highest BCUT2D eigenvalue weighted by Crippen LogP contribution is 2.40. The molecule has 0 fully saturated rings. The fourth-order valence-electron chi connectivity index (χ4n) is 3.40. The molecular weight excluding hydrogens is 473 g/mol. The highest BCUT2D eigenvalue weighted by Gasteiger charge is 2.29. The molecule has 0 aliphatic heterocycles. The van der Waals surface area contributed by atoms with Gasteiger partial charge in [-0.05, 0) is 61.4 Å². The van der Waals surface area contributed by atoms with E-state index in [1.54, 1.807) is 25.1 Å². The highest BCUT2D eigenvalue weighted by molar-refractivity contribution is 7.17. The molecule has 0 saturated carbocycles. The van der Waals surface area contributed by atoms with E-state index in [0.29, 0.717) is 32.1 Å². The predicted octanol–water partition coefficient (Wildman–Crippen LogP) is 5.55. The third kappa shape index (κ3) is 6.12. The van der Waals surface area contributed by atoms with Crippen molar-refractivity contribution in [2.24, 2.45) is 5.92 Å². The standard InChI is InChI=1S/C23H23Cl2NO5S/c1-3-30-23(29)21-16-8-4-13(2)10-18(16)32-22(21)26-19(27)12-31-20(28)9-6-14-5-7-15(24)11-17(14)25/h5-7,9,11,13H,3-4,8,10,12H2,1-2H3,(H,26,27). The molecule has 3 rings (SSSR count). The zero-order valence-corrected chi connectivity index (χ0v) is 20.0. The molecule has 0 saturated heterocycles. The van der Waals surface area contributed by atoms with Gasteiger partial charge < -0.3 is 14.8 Å². The summed E-state index contributed by atoms with van der Waals surface area (Å²) < 4.78 is 10.2. The molecule has 0 radical (unpaired) electrons. The van der Waals surface area contributed by atoms with Gasteiger partial charge in [-0.2, -0.15) is 0 Å². The van der Waals surface area contributed by atoms with E-state index < -0.39 is 24.5 Å². The smallest absolute Gasteiger partial charge is 0.341 e. The van der Waals surface area contributed by atoms with Gasteiger partial charge in [-0.15, -0.1) is 11.3 Å². The second kappa shape index (κ2) is 11.0. The van der Waals surface area contributed by atoms with Gasteiger partial charge in [0, 0.05) is 21.0 Å². The van der Waals surface area contributed by atoms with E-state index in [9.17, 15) is 14.4 Å². The third-order valence-corrected chi connectivity index (χ3v) is 6.68. The summed E-state index contributed by atoms with van der Waals surface area (Å²) in [7, 11) is 0. The maximum absolute atomic E-state index is 12.5. The Morgan fingerprint density at radius 2 is 2.03 bits per heavy atom. The van der Waals surface area contributed by atoms with Crippen LogP contribution in [-0.2, 0) is 31.9 Å². The summed E-state index contributed by atoms with van der Waals surface area (Å²) in [5.41, 5.74) is 1.95. The van der Waals surface area contributed by atoms with Crippen LogP contribution in [0.15, 0.2) is 24.3 Å². The molecule has 1 aromatic heterocycles. The van der Waals surface area contributed by atoms with E-state index in [1.807, 2.05) is 0 Å². The minimum absolute atomic E-state index is 0.245. The highest BCUT2D eigenvalue weighted by atomic mass is 35.5. The second-order valence-electron chi connectivity index (χ2n) is 7.43. The van der Waals surface area contributed by atoms with Crippen LogP contribution < -0.4 is 5.32 Å². The molecule has 9 heteroatoms. The molecule has 1 unspecified atom stereocenters. The lowest BCUT2D eigenvalue weighted by molar-refractivity contribution is -0.142. The minimum Gasteiger partial charge on any atom is -0.462 e. The van der Waals surface area contributed by atoms with Gasteiger partial charge in [-0.1, -0.05) is 36.2 Å². The Hall–Kier alpha value is -2.35. The number of anilines is 1. The van der Waals surface area contributed by atoms with Gasteiger partial charge in [0.25, 0.3) is 5.91 Å². The Morgan fingerprint density at radius 3 is 2.75 bits per heavy atom. The summed E-state index contributed by atoms with van der Waals surface area (Å²) in [5.74, 6) is -1.17. The molecule has 1 aliphatic rings. The van der Waals surface area contributed by atoms with Crippen LogP contribution in [0.5, 0.6) is 0 Å². The van der Waals surface area contributed by atoms with Crippen LogP contribution in [0.2, 0.25) is 10.0 Å². The van der Waals surface area contributed by atoms with Gasteiger partial charge in [0.15, 0.2) is 6.61 Å². The van der Waals surface area contributed by atoms with Crippen LogP contribution in [-0.4, -0.2) is 31.1 Å². The van der Waals surface area contributed by atoms with E-state index in [0.717, 1.165) is 29.7 Å². The number of rotatable bonds is 7. The number of carbonyl (C=O) groups excluding carboxylic acids is 3. The monoisotopic (exact) mass is 495 g/mol. The first-order chi connectivity index (χ1) is 15.3. The number of nitrogens with one attached hydrogen (secondary N) is 1. The Labute approximate surface area is 200 Å². The fraction of sp³-hybridized carbons (Fsp3) is 0.348. The van der Waals surface area contributed by atoms with Crippen LogP contribution in [0.25, 0.3) is 6.08 Å².